The highest BCUT2D eigenvalue weighted by Gasteiger charge is 2.59. The Morgan fingerprint density at radius 1 is 1.24 bits per heavy atom. The summed E-state index contributed by atoms with van der Waals surface area (Å²) in [5.74, 6) is -0.588. The van der Waals surface area contributed by atoms with Crippen molar-refractivity contribution in [1.29, 1.82) is 0 Å². The number of hydrogen-bond donors (Lipinski definition) is 1. The fourth-order valence-corrected chi connectivity index (χ4v) is 6.37. The lowest BCUT2D eigenvalue weighted by Crippen LogP contribution is -2.57. The second kappa shape index (κ2) is 7.28. The molecule has 0 aliphatic heterocycles. The van der Waals surface area contributed by atoms with Crippen molar-refractivity contribution < 1.29 is 24.2 Å². The highest BCUT2D eigenvalue weighted by molar-refractivity contribution is 6.32. The summed E-state index contributed by atoms with van der Waals surface area (Å²) in [5.41, 5.74) is 0.567. The second-order valence-corrected chi connectivity index (χ2v) is 9.95. The molecule has 1 saturated carbocycles. The van der Waals surface area contributed by atoms with Crippen molar-refractivity contribution in [3.63, 3.8) is 0 Å². The van der Waals surface area contributed by atoms with E-state index in [1.54, 1.807) is 13.8 Å². The minimum Gasteiger partial charge on any atom is -0.469 e. The number of benzene rings is 1. The number of halogens is 1. The van der Waals surface area contributed by atoms with Crippen LogP contribution in [0.3, 0.4) is 0 Å². The van der Waals surface area contributed by atoms with Gasteiger partial charge in [-0.2, -0.15) is 0 Å². The lowest BCUT2D eigenvalue weighted by Gasteiger charge is -2.55. The van der Waals surface area contributed by atoms with Gasteiger partial charge in [0.1, 0.15) is 6.10 Å². The fraction of sp³-hybridized carbons (Fsp3) is 0.652. The Kier molecular flexibility index (Phi) is 5.55. The average molecular weight is 423 g/mol. The van der Waals surface area contributed by atoms with Crippen molar-refractivity contribution in [3.8, 4) is 0 Å². The summed E-state index contributed by atoms with van der Waals surface area (Å²) in [6.45, 7) is 8.90. The normalized spacial score (nSPS) is 31.4. The van der Waals surface area contributed by atoms with Gasteiger partial charge < -0.3 is 14.6 Å². The SMILES string of the molecule is COC(=O)[C@]1(C)C[C@H](OC(C)=O)C[C@]2(C)c3ccc(C(C)(C)O)c(Cl)c3CC[C@@H]12. The van der Waals surface area contributed by atoms with Crippen LogP contribution in [0.4, 0.5) is 0 Å². The molecule has 2 aliphatic rings. The van der Waals surface area contributed by atoms with E-state index in [2.05, 4.69) is 6.92 Å². The summed E-state index contributed by atoms with van der Waals surface area (Å²) in [6.07, 6.45) is 2.19. The Morgan fingerprint density at radius 3 is 2.45 bits per heavy atom. The molecule has 0 aromatic heterocycles. The number of rotatable bonds is 3. The van der Waals surface area contributed by atoms with Crippen LogP contribution in [0.25, 0.3) is 0 Å². The third-order valence-electron chi connectivity index (χ3n) is 7.03. The van der Waals surface area contributed by atoms with Crippen molar-refractivity contribution in [2.75, 3.05) is 7.11 Å². The third kappa shape index (κ3) is 3.57. The summed E-state index contributed by atoms with van der Waals surface area (Å²) in [5, 5.41) is 11.1. The predicted octanol–water partition coefficient (Wildman–Crippen LogP) is 4.29. The van der Waals surface area contributed by atoms with Crippen LogP contribution in [0.15, 0.2) is 12.1 Å². The molecule has 0 unspecified atom stereocenters. The molecule has 5 nitrogen and oxygen atoms in total. The van der Waals surface area contributed by atoms with E-state index in [4.69, 9.17) is 21.1 Å². The molecule has 160 valence electrons. The van der Waals surface area contributed by atoms with Gasteiger partial charge in [-0.05, 0) is 57.1 Å². The van der Waals surface area contributed by atoms with Crippen LogP contribution in [0.5, 0.6) is 0 Å². The van der Waals surface area contributed by atoms with E-state index in [1.165, 1.54) is 14.0 Å². The molecule has 0 saturated heterocycles. The van der Waals surface area contributed by atoms with E-state index in [9.17, 15) is 14.7 Å². The zero-order valence-corrected chi connectivity index (χ0v) is 18.9. The highest BCUT2D eigenvalue weighted by atomic mass is 35.5. The van der Waals surface area contributed by atoms with Gasteiger partial charge >= 0.3 is 11.9 Å². The maximum atomic E-state index is 12.9. The number of carbonyl (C=O) groups is 2. The molecule has 0 amide bonds. The van der Waals surface area contributed by atoms with Crippen molar-refractivity contribution in [2.24, 2.45) is 11.3 Å². The Labute approximate surface area is 177 Å². The van der Waals surface area contributed by atoms with E-state index >= 15 is 0 Å². The summed E-state index contributed by atoms with van der Waals surface area (Å²) in [4.78, 5) is 24.6. The fourth-order valence-electron chi connectivity index (χ4n) is 5.88. The van der Waals surface area contributed by atoms with Crippen LogP contribution in [0, 0.1) is 11.3 Å². The molecule has 3 rings (SSSR count). The first-order valence-electron chi connectivity index (χ1n) is 10.1. The van der Waals surface area contributed by atoms with Crippen LogP contribution in [0.1, 0.15) is 70.6 Å². The van der Waals surface area contributed by atoms with Crippen LogP contribution >= 0.6 is 11.6 Å². The van der Waals surface area contributed by atoms with Gasteiger partial charge in [0.15, 0.2) is 0 Å². The van der Waals surface area contributed by atoms with Gasteiger partial charge in [-0.1, -0.05) is 30.7 Å². The van der Waals surface area contributed by atoms with Gasteiger partial charge in [-0.15, -0.1) is 0 Å². The van der Waals surface area contributed by atoms with E-state index < -0.39 is 16.4 Å². The van der Waals surface area contributed by atoms with Gasteiger partial charge in [0.05, 0.1) is 23.1 Å². The number of hydrogen-bond acceptors (Lipinski definition) is 5. The smallest absolute Gasteiger partial charge is 0.311 e. The van der Waals surface area contributed by atoms with Gasteiger partial charge in [0.25, 0.3) is 0 Å². The van der Waals surface area contributed by atoms with Gasteiger partial charge in [0.2, 0.25) is 0 Å². The molecule has 2 aliphatic carbocycles. The second-order valence-electron chi connectivity index (χ2n) is 9.57. The van der Waals surface area contributed by atoms with Gasteiger partial charge in [-0.3, -0.25) is 9.59 Å². The molecule has 29 heavy (non-hydrogen) atoms. The Balaban J connectivity index is 2.16. The first kappa shape index (κ1) is 22.1. The number of methoxy groups -OCH3 is 1. The van der Waals surface area contributed by atoms with Crippen LogP contribution in [0.2, 0.25) is 5.02 Å². The summed E-state index contributed by atoms with van der Waals surface area (Å²) in [6, 6.07) is 3.90. The molecule has 1 fully saturated rings. The molecule has 1 aromatic rings. The minimum atomic E-state index is -1.04. The van der Waals surface area contributed by atoms with Gasteiger partial charge in [-0.25, -0.2) is 0 Å². The molecule has 0 spiro atoms. The first-order chi connectivity index (χ1) is 13.3. The highest BCUT2D eigenvalue weighted by Crippen LogP contribution is 2.59. The molecular formula is C23H31ClO5. The topological polar surface area (TPSA) is 72.8 Å². The molecular weight excluding hydrogens is 392 g/mol. The lowest BCUT2D eigenvalue weighted by atomic mass is 9.49. The van der Waals surface area contributed by atoms with Crippen molar-refractivity contribution in [1.82, 2.24) is 0 Å². The van der Waals surface area contributed by atoms with E-state index in [-0.39, 0.29) is 24.0 Å². The Hall–Kier alpha value is -1.59. The predicted molar refractivity (Wildman–Crippen MR) is 111 cm³/mol. The largest absolute Gasteiger partial charge is 0.469 e. The Bertz CT molecular complexity index is 842. The number of aliphatic hydroxyl groups is 1. The third-order valence-corrected chi connectivity index (χ3v) is 7.46. The molecule has 6 heteroatoms. The van der Waals surface area contributed by atoms with Gasteiger partial charge in [0, 0.05) is 24.3 Å². The zero-order valence-electron chi connectivity index (χ0n) is 18.1. The maximum absolute atomic E-state index is 12.9. The Morgan fingerprint density at radius 2 is 1.90 bits per heavy atom. The maximum Gasteiger partial charge on any atom is 0.311 e. The number of carbonyl (C=O) groups excluding carboxylic acids is 2. The molecule has 0 bridgehead atoms. The average Bonchev–Trinajstić information content (AvgIpc) is 2.59. The lowest BCUT2D eigenvalue weighted by molar-refractivity contribution is -0.173. The van der Waals surface area contributed by atoms with Crippen molar-refractivity contribution in [3.05, 3.63) is 33.8 Å². The molecule has 1 N–H and O–H groups in total. The monoisotopic (exact) mass is 422 g/mol. The number of fused-ring (bicyclic) bond motifs is 3. The van der Waals surface area contributed by atoms with E-state index in [0.29, 0.717) is 23.4 Å². The summed E-state index contributed by atoms with van der Waals surface area (Å²) in [7, 11) is 1.41. The van der Waals surface area contributed by atoms with Crippen molar-refractivity contribution in [2.45, 2.75) is 77.4 Å². The minimum absolute atomic E-state index is 0.0332. The van der Waals surface area contributed by atoms with Crippen LogP contribution in [-0.2, 0) is 36.5 Å². The summed E-state index contributed by atoms with van der Waals surface area (Å²) >= 11 is 6.75. The van der Waals surface area contributed by atoms with E-state index in [0.717, 1.165) is 24.0 Å². The van der Waals surface area contributed by atoms with E-state index in [1.807, 2.05) is 19.1 Å². The van der Waals surface area contributed by atoms with Crippen molar-refractivity contribution >= 4 is 23.5 Å². The molecule has 0 radical (unpaired) electrons. The van der Waals surface area contributed by atoms with Crippen LogP contribution in [-0.4, -0.2) is 30.3 Å². The van der Waals surface area contributed by atoms with Crippen LogP contribution < -0.4 is 0 Å². The zero-order chi connectivity index (χ0) is 21.8. The summed E-state index contributed by atoms with van der Waals surface area (Å²) < 4.78 is 10.8. The number of esters is 2. The molecule has 0 heterocycles. The quantitative estimate of drug-likeness (QED) is 0.735. The number of ether oxygens (including phenoxy) is 2. The first-order valence-corrected chi connectivity index (χ1v) is 10.5. The standard InChI is InChI=1S/C23H31ClO5/c1-13(25)29-14-11-22(4)16-8-9-17(21(2,3)27)19(24)15(16)7-10-18(22)23(5,12-14)20(26)28-6/h8-9,14,18,27H,7,10-12H2,1-6H3/t14-,18-,22-,23-/m1/s1. The molecule has 1 aromatic carbocycles. The molecule has 4 atom stereocenters.